The fraction of sp³-hybridized carbons (Fsp3) is 0.423. The Kier molecular flexibility index (Phi) is 11.7. The third kappa shape index (κ3) is 9.38. The second-order valence-electron chi connectivity index (χ2n) is 7.77. The van der Waals surface area contributed by atoms with Gasteiger partial charge in [-0.15, -0.1) is 0 Å². The molecule has 30 heavy (non-hydrogen) atoms. The summed E-state index contributed by atoms with van der Waals surface area (Å²) in [4.78, 5) is 20.6. The standard InChI is InChI=1S/C15H22O2.C11H14O2/c1-5-13(4)15-8-6-14(7-9-15)11-17-16-10-12(2)3;1-3-8(2)9-4-6-10(7-5-9)11(12)13/h6-9,13H,2,5,10-11H2,1,3-4H3;4-8H,3H2,1-2H3,(H,12,13). The van der Waals surface area contributed by atoms with E-state index in [0.29, 0.717) is 30.6 Å². The lowest BCUT2D eigenvalue weighted by Gasteiger charge is -2.09. The first-order valence-electron chi connectivity index (χ1n) is 10.6. The summed E-state index contributed by atoms with van der Waals surface area (Å²) < 4.78 is 0. The van der Waals surface area contributed by atoms with Gasteiger partial charge < -0.3 is 5.11 Å². The molecule has 2 aromatic carbocycles. The van der Waals surface area contributed by atoms with Crippen molar-refractivity contribution in [2.24, 2.45) is 0 Å². The van der Waals surface area contributed by atoms with Gasteiger partial charge in [-0.25, -0.2) is 14.6 Å². The number of hydrogen-bond acceptors (Lipinski definition) is 3. The van der Waals surface area contributed by atoms with E-state index in [1.807, 2.05) is 19.1 Å². The molecule has 0 heterocycles. The lowest BCUT2D eigenvalue weighted by Crippen LogP contribution is -1.98. The second kappa shape index (κ2) is 13.7. The summed E-state index contributed by atoms with van der Waals surface area (Å²) in [6.45, 7) is 15.3. The van der Waals surface area contributed by atoms with Gasteiger partial charge in [0.15, 0.2) is 0 Å². The van der Waals surface area contributed by atoms with Gasteiger partial charge in [-0.05, 0) is 60.4 Å². The third-order valence-corrected chi connectivity index (χ3v) is 5.11. The maximum atomic E-state index is 10.6. The van der Waals surface area contributed by atoms with Crippen LogP contribution in [0, 0.1) is 0 Å². The monoisotopic (exact) mass is 412 g/mol. The summed E-state index contributed by atoms with van der Waals surface area (Å²) in [6.07, 6.45) is 2.24. The van der Waals surface area contributed by atoms with E-state index in [4.69, 9.17) is 14.9 Å². The fourth-order valence-electron chi connectivity index (χ4n) is 2.62. The molecule has 2 aromatic rings. The summed E-state index contributed by atoms with van der Waals surface area (Å²) in [5, 5.41) is 8.67. The van der Waals surface area contributed by atoms with Crippen molar-refractivity contribution in [1.82, 2.24) is 0 Å². The zero-order chi connectivity index (χ0) is 22.5. The Morgan fingerprint density at radius 2 is 1.37 bits per heavy atom. The van der Waals surface area contributed by atoms with Crippen LogP contribution in [0.15, 0.2) is 60.7 Å². The number of benzene rings is 2. The van der Waals surface area contributed by atoms with Gasteiger partial charge in [0.05, 0.1) is 5.56 Å². The quantitative estimate of drug-likeness (QED) is 0.195. The molecule has 2 atom stereocenters. The summed E-state index contributed by atoms with van der Waals surface area (Å²) >= 11 is 0. The van der Waals surface area contributed by atoms with Gasteiger partial charge in [0.1, 0.15) is 13.2 Å². The maximum Gasteiger partial charge on any atom is 0.335 e. The molecular formula is C26H36O4. The molecule has 0 aromatic heterocycles. The third-order valence-electron chi connectivity index (χ3n) is 5.11. The molecule has 4 heteroatoms. The van der Waals surface area contributed by atoms with Gasteiger partial charge in [0, 0.05) is 0 Å². The molecule has 4 nitrogen and oxygen atoms in total. The predicted octanol–water partition coefficient (Wildman–Crippen LogP) is 7.12. The summed E-state index contributed by atoms with van der Waals surface area (Å²) in [6, 6.07) is 15.6. The highest BCUT2D eigenvalue weighted by Crippen LogP contribution is 2.19. The maximum absolute atomic E-state index is 10.6. The fourth-order valence-corrected chi connectivity index (χ4v) is 2.62. The van der Waals surface area contributed by atoms with Crippen molar-refractivity contribution in [2.75, 3.05) is 6.61 Å². The van der Waals surface area contributed by atoms with E-state index in [9.17, 15) is 4.79 Å². The first-order chi connectivity index (χ1) is 14.3. The molecule has 0 spiro atoms. The van der Waals surface area contributed by atoms with Gasteiger partial charge in [0.2, 0.25) is 0 Å². The average Bonchev–Trinajstić information content (AvgIpc) is 2.76. The largest absolute Gasteiger partial charge is 0.478 e. The number of aromatic carboxylic acids is 1. The molecule has 2 rings (SSSR count). The van der Waals surface area contributed by atoms with Gasteiger partial charge in [-0.3, -0.25) is 0 Å². The molecule has 0 aliphatic rings. The van der Waals surface area contributed by atoms with Crippen LogP contribution in [0.1, 0.15) is 86.3 Å². The van der Waals surface area contributed by atoms with E-state index in [2.05, 4.69) is 58.5 Å². The Morgan fingerprint density at radius 3 is 1.77 bits per heavy atom. The second-order valence-corrected chi connectivity index (χ2v) is 7.77. The Bertz CT molecular complexity index is 763. The molecule has 0 aliphatic carbocycles. The van der Waals surface area contributed by atoms with E-state index >= 15 is 0 Å². The van der Waals surface area contributed by atoms with Crippen molar-refractivity contribution in [2.45, 2.75) is 65.9 Å². The highest BCUT2D eigenvalue weighted by atomic mass is 17.2. The topological polar surface area (TPSA) is 55.8 Å². The Morgan fingerprint density at radius 1 is 0.900 bits per heavy atom. The Balaban J connectivity index is 0.000000311. The minimum Gasteiger partial charge on any atom is -0.478 e. The number of rotatable bonds is 10. The molecule has 0 radical (unpaired) electrons. The first-order valence-corrected chi connectivity index (χ1v) is 10.6. The molecule has 0 saturated carbocycles. The van der Waals surface area contributed by atoms with Crippen molar-refractivity contribution in [1.29, 1.82) is 0 Å². The van der Waals surface area contributed by atoms with Crippen molar-refractivity contribution < 1.29 is 19.7 Å². The number of carbonyl (C=O) groups is 1. The van der Waals surface area contributed by atoms with Crippen LogP contribution in [-0.2, 0) is 16.4 Å². The van der Waals surface area contributed by atoms with Crippen molar-refractivity contribution in [3.63, 3.8) is 0 Å². The normalized spacial score (nSPS) is 12.4. The van der Waals surface area contributed by atoms with Crippen LogP contribution in [0.4, 0.5) is 0 Å². The predicted molar refractivity (Wildman–Crippen MR) is 123 cm³/mol. The van der Waals surface area contributed by atoms with Crippen LogP contribution in [0.3, 0.4) is 0 Å². The average molecular weight is 413 g/mol. The lowest BCUT2D eigenvalue weighted by molar-refractivity contribution is -0.297. The number of hydrogen-bond donors (Lipinski definition) is 1. The van der Waals surface area contributed by atoms with Crippen LogP contribution in [0.2, 0.25) is 0 Å². The molecular weight excluding hydrogens is 376 g/mol. The van der Waals surface area contributed by atoms with Crippen molar-refractivity contribution in [3.8, 4) is 0 Å². The van der Waals surface area contributed by atoms with Crippen LogP contribution >= 0.6 is 0 Å². The van der Waals surface area contributed by atoms with Crippen molar-refractivity contribution >= 4 is 5.97 Å². The molecule has 2 unspecified atom stereocenters. The minimum atomic E-state index is -0.865. The molecule has 0 amide bonds. The molecule has 1 N–H and O–H groups in total. The zero-order valence-electron chi connectivity index (χ0n) is 19.0. The van der Waals surface area contributed by atoms with E-state index in [-0.39, 0.29) is 0 Å². The number of carboxylic acid groups (broad SMARTS) is 1. The zero-order valence-corrected chi connectivity index (χ0v) is 19.0. The van der Waals surface area contributed by atoms with Crippen LogP contribution in [-0.4, -0.2) is 17.7 Å². The van der Waals surface area contributed by atoms with Crippen molar-refractivity contribution in [3.05, 3.63) is 82.9 Å². The smallest absolute Gasteiger partial charge is 0.335 e. The SMILES string of the molecule is C=C(C)COOCc1ccc(C(C)CC)cc1.CCC(C)c1ccc(C(=O)O)cc1. The molecule has 0 saturated heterocycles. The van der Waals surface area contributed by atoms with Gasteiger partial charge in [-0.2, -0.15) is 0 Å². The summed E-state index contributed by atoms with van der Waals surface area (Å²) in [5.74, 6) is 0.253. The summed E-state index contributed by atoms with van der Waals surface area (Å²) in [7, 11) is 0. The molecule has 164 valence electrons. The Labute approximate surface area is 181 Å². The Hall–Kier alpha value is -2.43. The van der Waals surface area contributed by atoms with E-state index in [0.717, 1.165) is 24.0 Å². The lowest BCUT2D eigenvalue weighted by atomic mass is 9.98. The van der Waals surface area contributed by atoms with Gasteiger partial charge >= 0.3 is 5.97 Å². The highest BCUT2D eigenvalue weighted by Gasteiger charge is 2.05. The number of carboxylic acids is 1. The van der Waals surface area contributed by atoms with Crippen LogP contribution < -0.4 is 0 Å². The van der Waals surface area contributed by atoms with Gasteiger partial charge in [-0.1, -0.05) is 76.2 Å². The van der Waals surface area contributed by atoms with Gasteiger partial charge in [0.25, 0.3) is 0 Å². The highest BCUT2D eigenvalue weighted by molar-refractivity contribution is 5.87. The summed E-state index contributed by atoms with van der Waals surface area (Å²) in [5.41, 5.74) is 5.01. The van der Waals surface area contributed by atoms with E-state index in [1.54, 1.807) is 12.1 Å². The molecule has 0 aliphatic heterocycles. The first kappa shape index (κ1) is 25.6. The van der Waals surface area contributed by atoms with Crippen LogP contribution in [0.25, 0.3) is 0 Å². The van der Waals surface area contributed by atoms with Crippen LogP contribution in [0.5, 0.6) is 0 Å². The van der Waals surface area contributed by atoms with E-state index in [1.165, 1.54) is 11.1 Å². The minimum absolute atomic E-state index is 0.354. The van der Waals surface area contributed by atoms with E-state index < -0.39 is 5.97 Å². The molecule has 0 bridgehead atoms. The molecule has 0 fully saturated rings.